The van der Waals surface area contributed by atoms with Gasteiger partial charge in [-0.1, -0.05) is 32.9 Å². The van der Waals surface area contributed by atoms with Crippen LogP contribution in [0.4, 0.5) is 23.0 Å². The number of aliphatic imine (C=N–C) groups is 4. The largest absolute Gasteiger partial charge is 0.505 e. The third kappa shape index (κ3) is 9.37. The maximum atomic E-state index is 13.8. The van der Waals surface area contributed by atoms with Crippen LogP contribution in [0.5, 0.6) is 11.5 Å². The van der Waals surface area contributed by atoms with E-state index >= 15 is 0 Å². The number of hydrogen-bond donors (Lipinski definition) is 6. The molecule has 0 saturated carbocycles. The number of carbonyl (C=O) groups is 2. The summed E-state index contributed by atoms with van der Waals surface area (Å²) in [6.07, 6.45) is 0.887. The van der Waals surface area contributed by atoms with Crippen molar-refractivity contribution in [2.75, 3.05) is 38.3 Å². The van der Waals surface area contributed by atoms with Crippen LogP contribution in [0, 0.1) is 12.8 Å². The Morgan fingerprint density at radius 1 is 0.812 bits per heavy atom. The molecule has 1 aliphatic rings. The average molecular weight is 873 g/mol. The number of amidine groups is 4. The molecule has 0 bridgehead atoms. The minimum atomic E-state index is -0.464. The van der Waals surface area contributed by atoms with E-state index in [9.17, 15) is 19.8 Å². The molecule has 0 saturated heterocycles. The van der Waals surface area contributed by atoms with Crippen LogP contribution < -0.4 is 22.1 Å². The minimum absolute atomic E-state index is 0.00000145. The van der Waals surface area contributed by atoms with Crippen molar-refractivity contribution in [2.24, 2.45) is 37.4 Å². The molecule has 21 nitrogen and oxygen atoms in total. The van der Waals surface area contributed by atoms with Crippen LogP contribution in [0.25, 0.3) is 11.3 Å². The number of anilines is 3. The fraction of sp³-hybridized carbons (Fsp3) is 0.302. The van der Waals surface area contributed by atoms with E-state index in [-0.39, 0.29) is 98.6 Å². The van der Waals surface area contributed by atoms with Gasteiger partial charge in [0, 0.05) is 34.1 Å². The number of fused-ring (bicyclic) bond motifs is 1. The summed E-state index contributed by atoms with van der Waals surface area (Å²) in [5, 5.41) is 36.4. The first-order chi connectivity index (χ1) is 30.6. The average Bonchev–Trinajstić information content (AvgIpc) is 4.05. The molecule has 2 amide bonds. The number of rotatable bonds is 15. The van der Waals surface area contributed by atoms with Crippen molar-refractivity contribution in [3.63, 3.8) is 0 Å². The van der Waals surface area contributed by atoms with Gasteiger partial charge >= 0.3 is 0 Å². The Bertz CT molecular complexity index is 2840. The van der Waals surface area contributed by atoms with Crippen molar-refractivity contribution in [3.05, 3.63) is 94.8 Å². The standard InChI is InChI=1S/C43H48N14O7/c1-8-26(46-37-38(53-41-40(52-37)54-64-55-41)48-27-13-9-11-24(32(27)58)42(60)56(5)6)29-18-16-23(63-29)19-20-57(7)43(61)25-12-10-14-28(33(25)59)47-36-39(51-35(45)34(44)50-36)49-31(21(2)3)30-17-15-22(4)62-30/h9-18,21,26,31,58-59H,8,19-20H2,1-7H3,(H2,44,47,50)(H2,45,49,51)(H,46,52,54)(H,48,53,55)/t26-,31-/m1/s1. The van der Waals surface area contributed by atoms with E-state index in [4.69, 9.17) is 29.9 Å². The summed E-state index contributed by atoms with van der Waals surface area (Å²) in [6.45, 7) is 7.99. The van der Waals surface area contributed by atoms with Gasteiger partial charge in [0.1, 0.15) is 34.8 Å². The topological polar surface area (TPSA) is 298 Å². The second kappa shape index (κ2) is 18.5. The number of likely N-dealkylation sites (N-methyl/N-ethyl adjacent to an activating group) is 1. The molecule has 6 aromatic rings. The van der Waals surface area contributed by atoms with E-state index in [1.807, 2.05) is 52.0 Å². The lowest BCUT2D eigenvalue weighted by Crippen LogP contribution is -2.38. The monoisotopic (exact) mass is 872 g/mol. The Morgan fingerprint density at radius 2 is 1.47 bits per heavy atom. The van der Waals surface area contributed by atoms with Crippen LogP contribution in [0.15, 0.2) is 94.1 Å². The van der Waals surface area contributed by atoms with E-state index in [0.717, 1.165) is 5.76 Å². The van der Waals surface area contributed by atoms with Gasteiger partial charge in [0.2, 0.25) is 11.3 Å². The third-order valence-electron chi connectivity index (χ3n) is 10.2. The second-order valence-corrected chi connectivity index (χ2v) is 15.4. The predicted octanol–water partition coefficient (Wildman–Crippen LogP) is 5.80. The minimum Gasteiger partial charge on any atom is -0.505 e. The number of aromatic hydroxyl groups is 2. The number of nitrogens with two attached hydrogens (primary N) is 2. The molecule has 332 valence electrons. The van der Waals surface area contributed by atoms with Crippen molar-refractivity contribution in [2.45, 2.75) is 52.6 Å². The maximum Gasteiger partial charge on any atom is 0.257 e. The summed E-state index contributed by atoms with van der Waals surface area (Å²) in [5.41, 5.74) is 12.7. The third-order valence-corrected chi connectivity index (χ3v) is 10.2. The molecule has 8 N–H and O–H groups in total. The Kier molecular flexibility index (Phi) is 12.7. The van der Waals surface area contributed by atoms with Crippen LogP contribution in [-0.4, -0.2) is 103 Å². The normalized spacial score (nSPS) is 15.0. The van der Waals surface area contributed by atoms with E-state index in [0.29, 0.717) is 30.1 Å². The quantitative estimate of drug-likeness (QED) is 0.0665. The molecule has 21 heteroatoms. The van der Waals surface area contributed by atoms with Crippen molar-refractivity contribution >= 4 is 69.5 Å². The van der Waals surface area contributed by atoms with Crippen LogP contribution in [0.2, 0.25) is 0 Å². The van der Waals surface area contributed by atoms with Crippen LogP contribution in [-0.2, 0) is 6.42 Å². The highest BCUT2D eigenvalue weighted by Gasteiger charge is 2.26. The number of phenols is 2. The van der Waals surface area contributed by atoms with Gasteiger partial charge in [0.15, 0.2) is 46.5 Å². The smallest absolute Gasteiger partial charge is 0.257 e. The van der Waals surface area contributed by atoms with Crippen molar-refractivity contribution < 1.29 is 33.3 Å². The second-order valence-electron chi connectivity index (χ2n) is 15.4. The van der Waals surface area contributed by atoms with Crippen molar-refractivity contribution in [1.82, 2.24) is 30.1 Å². The Hall–Kier alpha value is -8.10. The predicted molar refractivity (Wildman–Crippen MR) is 240 cm³/mol. The van der Waals surface area contributed by atoms with Gasteiger partial charge in [0.25, 0.3) is 11.8 Å². The zero-order chi connectivity index (χ0) is 45.8. The summed E-state index contributed by atoms with van der Waals surface area (Å²) in [6, 6.07) is 15.8. The number of amides is 2. The first kappa shape index (κ1) is 44.0. The van der Waals surface area contributed by atoms with Gasteiger partial charge in [-0.05, 0) is 78.1 Å². The highest BCUT2D eigenvalue weighted by atomic mass is 16.6. The molecule has 7 rings (SSSR count). The zero-order valence-electron chi connectivity index (χ0n) is 36.2. The zero-order valence-corrected chi connectivity index (χ0v) is 36.2. The molecule has 0 spiro atoms. The number of hydrogen-bond acceptors (Lipinski definition) is 17. The molecular formula is C43H48N14O7. The fourth-order valence-electron chi connectivity index (χ4n) is 6.65. The number of aromatic nitrogens is 4. The summed E-state index contributed by atoms with van der Waals surface area (Å²) in [7, 11) is 4.79. The summed E-state index contributed by atoms with van der Waals surface area (Å²) in [5.74, 6) is 1.44. The van der Waals surface area contributed by atoms with E-state index in [1.165, 1.54) is 28.0 Å². The number of nitrogens with zero attached hydrogens (tertiary/aromatic N) is 10. The first-order valence-electron chi connectivity index (χ1n) is 20.3. The molecule has 0 fully saturated rings. The molecule has 1 aliphatic heterocycles. The van der Waals surface area contributed by atoms with Gasteiger partial charge < -0.3 is 50.9 Å². The molecule has 2 aromatic carbocycles. The highest BCUT2D eigenvalue weighted by molar-refractivity contribution is 6.55. The molecule has 5 heterocycles. The summed E-state index contributed by atoms with van der Waals surface area (Å²) < 4.78 is 17.0. The van der Waals surface area contributed by atoms with E-state index < -0.39 is 18.0 Å². The van der Waals surface area contributed by atoms with Crippen LogP contribution in [0.1, 0.15) is 83.0 Å². The van der Waals surface area contributed by atoms with Crippen molar-refractivity contribution in [1.29, 1.82) is 0 Å². The Labute approximate surface area is 366 Å². The highest BCUT2D eigenvalue weighted by Crippen LogP contribution is 2.36. The lowest BCUT2D eigenvalue weighted by atomic mass is 10.0. The first-order valence-corrected chi connectivity index (χ1v) is 20.3. The Balaban J connectivity index is 1.06. The number of aryl methyl sites for hydroxylation is 1. The van der Waals surface area contributed by atoms with Gasteiger partial charge in [-0.15, -0.1) is 0 Å². The van der Waals surface area contributed by atoms with Gasteiger partial charge in [-0.3, -0.25) is 14.6 Å². The lowest BCUT2D eigenvalue weighted by molar-refractivity contribution is 0.0790. The van der Waals surface area contributed by atoms with Gasteiger partial charge in [-0.25, -0.2) is 29.6 Å². The number of carbonyl (C=O) groups excluding carboxylic acids is 2. The van der Waals surface area contributed by atoms with E-state index in [1.54, 1.807) is 39.3 Å². The number of benzene rings is 2. The Morgan fingerprint density at radius 3 is 2.12 bits per heavy atom. The number of furan rings is 2. The molecular weight excluding hydrogens is 825 g/mol. The lowest BCUT2D eigenvalue weighted by Gasteiger charge is -2.19. The molecule has 0 aliphatic carbocycles. The molecule has 64 heavy (non-hydrogen) atoms. The van der Waals surface area contributed by atoms with Gasteiger partial charge in [-0.2, -0.15) is 0 Å². The number of phenolic OH excluding ortho intramolecular Hbond substituents is 2. The molecule has 4 aromatic heterocycles. The van der Waals surface area contributed by atoms with E-state index in [2.05, 4.69) is 45.9 Å². The van der Waals surface area contributed by atoms with Crippen LogP contribution >= 0.6 is 0 Å². The van der Waals surface area contributed by atoms with Crippen molar-refractivity contribution in [3.8, 4) is 11.5 Å². The SMILES string of the molecule is CC[C@@H](Nc1nc2nonc2nc1Nc1cccc(C(=O)N(C)C)c1O)c1ccc(CCN(C)C(=O)c2cccc(N=C3N=C(N)C(N)=NC3=N[C@@H](c3ccc(C)o3)C(C)C)c2O)o1. The summed E-state index contributed by atoms with van der Waals surface area (Å²) in [4.78, 5) is 56.3. The maximum absolute atomic E-state index is 13.8. The van der Waals surface area contributed by atoms with Crippen LogP contribution in [0.3, 0.4) is 0 Å². The molecule has 2 atom stereocenters. The van der Waals surface area contributed by atoms with Gasteiger partial charge in [0.05, 0.1) is 22.9 Å². The number of para-hydroxylation sites is 2. The summed E-state index contributed by atoms with van der Waals surface area (Å²) >= 11 is 0. The molecule has 0 radical (unpaired) electrons. The number of nitrogens with one attached hydrogen (secondary N) is 2. The fourth-order valence-corrected chi connectivity index (χ4v) is 6.65. The molecule has 0 unspecified atom stereocenters.